The van der Waals surface area contributed by atoms with Crippen molar-refractivity contribution in [3.63, 3.8) is 0 Å². The maximum Gasteiger partial charge on any atom is 0.178 e. The Balaban J connectivity index is 2.12. The first-order valence-electron chi connectivity index (χ1n) is 6.58. The Morgan fingerprint density at radius 1 is 1.10 bits per heavy atom. The third-order valence-corrected chi connectivity index (χ3v) is 4.10. The van der Waals surface area contributed by atoms with Crippen LogP contribution in [0.3, 0.4) is 0 Å². The Labute approximate surface area is 119 Å². The topological polar surface area (TPSA) is 94.6 Å². The van der Waals surface area contributed by atoms with E-state index in [9.17, 15) is 15.0 Å². The first kappa shape index (κ1) is 12.0. The third-order valence-electron chi connectivity index (χ3n) is 4.10. The number of allylic oxidation sites excluding steroid dienone is 4. The number of hydrogen-bond donors (Lipinski definition) is 2. The van der Waals surface area contributed by atoms with Crippen molar-refractivity contribution in [2.75, 3.05) is 6.54 Å². The number of carbonyl (C=O) groups excluding carboxylic acids is 1. The number of hydrogen-bond acceptors (Lipinski definition) is 6. The van der Waals surface area contributed by atoms with Crippen LogP contribution >= 0.6 is 0 Å². The summed E-state index contributed by atoms with van der Waals surface area (Å²) in [5, 5.41) is 21.5. The van der Waals surface area contributed by atoms with Crippen LogP contribution in [0.5, 0.6) is 11.5 Å². The van der Waals surface area contributed by atoms with Crippen molar-refractivity contribution in [1.29, 1.82) is 0 Å². The van der Waals surface area contributed by atoms with E-state index in [-0.39, 0.29) is 28.3 Å². The Morgan fingerprint density at radius 2 is 1.86 bits per heavy atom. The second-order valence-electron chi connectivity index (χ2n) is 5.23. The minimum atomic E-state index is -0.639. The zero-order chi connectivity index (χ0) is 14.6. The van der Waals surface area contributed by atoms with Gasteiger partial charge in [-0.3, -0.25) is 9.79 Å². The molecule has 2 heterocycles. The molecule has 0 radical (unpaired) electrons. The van der Waals surface area contributed by atoms with Gasteiger partial charge < -0.3 is 10.2 Å². The molecule has 1 aromatic carbocycles. The van der Waals surface area contributed by atoms with Crippen molar-refractivity contribution in [1.82, 2.24) is 0 Å². The number of nitrogens with zero attached hydrogens (tertiary/aromatic N) is 3. The summed E-state index contributed by atoms with van der Waals surface area (Å²) in [5.74, 6) is -0.210. The molecule has 3 aliphatic rings. The fourth-order valence-electron chi connectivity index (χ4n) is 3.05. The normalized spacial score (nSPS) is 20.1. The van der Waals surface area contributed by atoms with Crippen LogP contribution in [0.2, 0.25) is 0 Å². The maximum atomic E-state index is 11.4. The van der Waals surface area contributed by atoms with E-state index in [1.165, 1.54) is 18.5 Å². The highest BCUT2D eigenvalue weighted by Crippen LogP contribution is 2.40. The van der Waals surface area contributed by atoms with E-state index >= 15 is 0 Å². The van der Waals surface area contributed by atoms with Crippen molar-refractivity contribution in [2.24, 2.45) is 15.0 Å². The molecule has 1 aliphatic carbocycles. The van der Waals surface area contributed by atoms with Gasteiger partial charge in [0.1, 0.15) is 28.5 Å². The lowest BCUT2D eigenvalue weighted by molar-refractivity contribution is -0.110. The van der Waals surface area contributed by atoms with Crippen molar-refractivity contribution in [3.8, 4) is 11.5 Å². The molecule has 6 heteroatoms. The van der Waals surface area contributed by atoms with Gasteiger partial charge in [0.05, 0.1) is 0 Å². The van der Waals surface area contributed by atoms with Gasteiger partial charge >= 0.3 is 0 Å². The average molecular weight is 281 g/mol. The lowest BCUT2D eigenvalue weighted by atomic mass is 9.72. The number of ketones is 1. The van der Waals surface area contributed by atoms with E-state index in [1.54, 1.807) is 12.2 Å². The fourth-order valence-corrected chi connectivity index (χ4v) is 3.05. The molecule has 1 spiro atoms. The molecule has 21 heavy (non-hydrogen) atoms. The highest BCUT2D eigenvalue weighted by atomic mass is 16.3. The Hall–Kier alpha value is -2.76. The Morgan fingerprint density at radius 3 is 2.62 bits per heavy atom. The standard InChI is InChI=1S/C15H11N3O3/c19-8-1-3-15(4-2-8)5-6-16-10-9(15)13(20)11-12(14(10)21)18-7-17-11/h1-4,7,20-21H,5-6H2. The first-order chi connectivity index (χ1) is 10.1. The fraction of sp³-hybridized carbons (Fsp3) is 0.200. The summed E-state index contributed by atoms with van der Waals surface area (Å²) < 4.78 is 0. The van der Waals surface area contributed by atoms with Crippen LogP contribution in [0, 0.1) is 0 Å². The number of phenols is 2. The summed E-state index contributed by atoms with van der Waals surface area (Å²) >= 11 is 0. The van der Waals surface area contributed by atoms with Gasteiger partial charge in [-0.25, -0.2) is 9.98 Å². The Kier molecular flexibility index (Phi) is 2.22. The molecule has 0 saturated carbocycles. The number of rotatable bonds is 0. The van der Waals surface area contributed by atoms with E-state index in [4.69, 9.17) is 0 Å². The molecule has 0 amide bonds. The smallest absolute Gasteiger partial charge is 0.178 e. The largest absolute Gasteiger partial charge is 0.505 e. The molecule has 0 aromatic heterocycles. The lowest BCUT2D eigenvalue weighted by Crippen LogP contribution is -2.37. The second-order valence-corrected chi connectivity index (χ2v) is 5.23. The van der Waals surface area contributed by atoms with Gasteiger partial charge in [0.15, 0.2) is 11.5 Å². The molecular weight excluding hydrogens is 270 g/mol. The van der Waals surface area contributed by atoms with Gasteiger partial charge in [0.2, 0.25) is 0 Å². The lowest BCUT2D eigenvalue weighted by Gasteiger charge is -2.32. The molecule has 1 aromatic rings. The third kappa shape index (κ3) is 1.47. The quantitative estimate of drug-likeness (QED) is 0.672. The number of carbonyl (C=O) groups is 1. The van der Waals surface area contributed by atoms with E-state index in [0.29, 0.717) is 23.9 Å². The summed E-state index contributed by atoms with van der Waals surface area (Å²) in [6.07, 6.45) is 8.37. The van der Waals surface area contributed by atoms with Crippen LogP contribution in [0.15, 0.2) is 39.3 Å². The molecule has 0 unspecified atom stereocenters. The van der Waals surface area contributed by atoms with E-state index in [1.807, 2.05) is 0 Å². The van der Waals surface area contributed by atoms with E-state index in [2.05, 4.69) is 15.0 Å². The number of fused-ring (bicyclic) bond motifs is 3. The minimum absolute atomic E-state index is 0.0394. The summed E-state index contributed by atoms with van der Waals surface area (Å²) in [5.41, 5.74) is 0.0887. The molecule has 2 aliphatic heterocycles. The van der Waals surface area contributed by atoms with Gasteiger partial charge in [-0.2, -0.15) is 0 Å². The Bertz CT molecular complexity index is 878. The number of phenolic OH excluding ortho intramolecular Hbond substituents is 2. The highest BCUT2D eigenvalue weighted by Gasteiger charge is 2.37. The van der Waals surface area contributed by atoms with Crippen molar-refractivity contribution in [3.05, 3.63) is 40.6 Å². The predicted molar refractivity (Wildman–Crippen MR) is 74.7 cm³/mol. The summed E-state index contributed by atoms with van der Waals surface area (Å²) in [6, 6.07) is 0. The van der Waals surface area contributed by atoms with Crippen molar-refractivity contribution < 1.29 is 15.0 Å². The number of aromatic hydroxyl groups is 2. The molecule has 0 atom stereocenters. The minimum Gasteiger partial charge on any atom is -0.505 e. The average Bonchev–Trinajstić information content (AvgIpc) is 2.98. The summed E-state index contributed by atoms with van der Waals surface area (Å²) in [7, 11) is 0. The molecule has 0 fully saturated rings. The van der Waals surface area contributed by atoms with Crippen LogP contribution in [0.4, 0.5) is 5.69 Å². The van der Waals surface area contributed by atoms with Crippen molar-refractivity contribution >= 4 is 17.8 Å². The van der Waals surface area contributed by atoms with E-state index in [0.717, 1.165) is 0 Å². The van der Waals surface area contributed by atoms with Gasteiger partial charge in [-0.1, -0.05) is 12.2 Å². The maximum absolute atomic E-state index is 11.4. The van der Waals surface area contributed by atoms with Gasteiger partial charge in [-0.15, -0.1) is 0 Å². The second kappa shape index (κ2) is 3.88. The van der Waals surface area contributed by atoms with Crippen LogP contribution in [-0.4, -0.2) is 28.9 Å². The van der Waals surface area contributed by atoms with Crippen LogP contribution in [0.1, 0.15) is 12.0 Å². The van der Waals surface area contributed by atoms with Crippen LogP contribution < -0.4 is 10.7 Å². The summed E-state index contributed by atoms with van der Waals surface area (Å²) in [4.78, 5) is 23.7. The molecule has 104 valence electrons. The monoisotopic (exact) mass is 281 g/mol. The molecule has 6 nitrogen and oxygen atoms in total. The highest BCUT2D eigenvalue weighted by molar-refractivity contribution is 6.00. The van der Waals surface area contributed by atoms with E-state index < -0.39 is 5.41 Å². The molecular formula is C15H11N3O3. The van der Waals surface area contributed by atoms with Crippen molar-refractivity contribution in [2.45, 2.75) is 11.8 Å². The zero-order valence-corrected chi connectivity index (χ0v) is 10.9. The van der Waals surface area contributed by atoms with Crippen LogP contribution in [0.25, 0.3) is 0 Å². The van der Waals surface area contributed by atoms with Gasteiger partial charge in [0, 0.05) is 17.5 Å². The molecule has 4 rings (SSSR count). The number of aliphatic imine (C=N–C) groups is 1. The van der Waals surface area contributed by atoms with Gasteiger partial charge in [-0.05, 0) is 18.6 Å². The predicted octanol–water partition coefficient (Wildman–Crippen LogP) is 0.347. The van der Waals surface area contributed by atoms with Crippen LogP contribution in [-0.2, 0) is 10.2 Å². The first-order valence-corrected chi connectivity index (χ1v) is 6.58. The summed E-state index contributed by atoms with van der Waals surface area (Å²) in [6.45, 7) is 0.489. The molecule has 0 bridgehead atoms. The molecule has 0 saturated heterocycles. The number of benzene rings is 1. The SMILES string of the molecule is O=C1C=CC2(C=C1)CCN=c1c(O)c3c(c(O)c12)=NC=N3. The molecule has 2 N–H and O–H groups in total. The van der Waals surface area contributed by atoms with Gasteiger partial charge in [0.25, 0.3) is 0 Å². The zero-order valence-electron chi connectivity index (χ0n) is 10.9.